The lowest BCUT2D eigenvalue weighted by molar-refractivity contribution is 1.54. The zero-order chi connectivity index (χ0) is 6.99. The molecule has 0 saturated carbocycles. The lowest BCUT2D eigenvalue weighted by atomic mass is 10.8. The van der Waals surface area contributed by atoms with Crippen LogP contribution in [0.15, 0.2) is 12.7 Å². The number of nitrogens with zero attached hydrogens (tertiary/aromatic N) is 1. The van der Waals surface area contributed by atoms with Crippen molar-refractivity contribution in [2.24, 2.45) is 11.5 Å². The molecule has 0 aliphatic rings. The highest BCUT2D eigenvalue weighted by Gasteiger charge is 1.53. The van der Waals surface area contributed by atoms with E-state index in [0.717, 1.165) is 0 Å². The molecule has 4 heteroatoms. The Labute approximate surface area is 53.6 Å². The van der Waals surface area contributed by atoms with Crippen LogP contribution in [0.3, 0.4) is 0 Å². The topological polar surface area (TPSA) is 75.8 Å². The third-order valence-electron chi connectivity index (χ3n) is 0.0913. The van der Waals surface area contributed by atoms with Gasteiger partial charge in [-0.2, -0.15) is 5.26 Å². The average molecular weight is 129 g/mol. The van der Waals surface area contributed by atoms with Crippen molar-refractivity contribution < 1.29 is 0 Å². The number of hydrogen-bond acceptors (Lipinski definition) is 2. The number of nitriles is 1. The first-order valence-corrected chi connectivity index (χ1v) is 2.11. The Bertz CT molecular complexity index is 109. The van der Waals surface area contributed by atoms with Gasteiger partial charge in [0.2, 0.25) is 0 Å². The largest absolute Gasteiger partial charge is 0.377 e. The van der Waals surface area contributed by atoms with Crippen LogP contribution in [0.25, 0.3) is 0 Å². The van der Waals surface area contributed by atoms with Crippen LogP contribution in [0.4, 0.5) is 0 Å². The molecule has 0 aliphatic heterocycles. The molecular weight excluding hydrogens is 122 g/mol. The maximum Gasteiger partial charge on any atom is 0.160 e. The first kappa shape index (κ1) is 10.0. The van der Waals surface area contributed by atoms with E-state index >= 15 is 0 Å². The predicted octanol–water partition coefficient (Wildman–Crippen LogP) is -0.115. The van der Waals surface area contributed by atoms with E-state index in [4.69, 9.17) is 5.26 Å². The molecule has 0 atom stereocenters. The van der Waals surface area contributed by atoms with E-state index in [-0.39, 0.29) is 5.11 Å². The van der Waals surface area contributed by atoms with Gasteiger partial charge in [-0.1, -0.05) is 6.58 Å². The molecular formula is C4H7N3S. The summed E-state index contributed by atoms with van der Waals surface area (Å²) in [4.78, 5) is 0. The van der Waals surface area contributed by atoms with Crippen LogP contribution in [0, 0.1) is 11.3 Å². The monoisotopic (exact) mass is 129 g/mol. The second-order valence-corrected chi connectivity index (χ2v) is 1.21. The van der Waals surface area contributed by atoms with Gasteiger partial charge in [-0.25, -0.2) is 0 Å². The van der Waals surface area contributed by atoms with Gasteiger partial charge >= 0.3 is 0 Å². The molecule has 0 aliphatic carbocycles. The first-order chi connectivity index (χ1) is 3.65. The molecule has 0 bridgehead atoms. The van der Waals surface area contributed by atoms with Gasteiger partial charge in [0, 0.05) is 6.08 Å². The van der Waals surface area contributed by atoms with E-state index in [2.05, 4.69) is 30.3 Å². The lowest BCUT2D eigenvalue weighted by Gasteiger charge is -1.68. The average Bonchev–Trinajstić information content (AvgIpc) is 1.65. The Morgan fingerprint density at radius 1 is 1.75 bits per heavy atom. The molecule has 0 aromatic heterocycles. The summed E-state index contributed by atoms with van der Waals surface area (Å²) in [6, 6.07) is 1.69. The fourth-order valence-corrected chi connectivity index (χ4v) is 0. The third kappa shape index (κ3) is 11800. The van der Waals surface area contributed by atoms with Crippen LogP contribution in [0.1, 0.15) is 0 Å². The minimum atomic E-state index is 0.000000000000000222. The second-order valence-electron chi connectivity index (χ2n) is 0.736. The van der Waals surface area contributed by atoms with Crippen molar-refractivity contribution in [3.8, 4) is 6.07 Å². The standard InChI is InChI=1S/C3H3N.CH4N2S/c1-2-3-4;2-1(3)4/h2H,1H2;(H4,2,3,4). The van der Waals surface area contributed by atoms with E-state index in [1.165, 1.54) is 6.08 Å². The number of nitrogens with two attached hydrogens (primary N) is 2. The fraction of sp³-hybridized carbons (Fsp3) is 0. The maximum absolute atomic E-state index is 7.51. The number of allylic oxidation sites excluding steroid dienone is 1. The maximum atomic E-state index is 7.51. The number of rotatable bonds is 0. The molecule has 44 valence electrons. The van der Waals surface area contributed by atoms with Crippen LogP contribution >= 0.6 is 12.2 Å². The number of thiocarbonyl (C=S) groups is 1. The molecule has 0 amide bonds. The van der Waals surface area contributed by atoms with E-state index in [1.54, 1.807) is 6.07 Å². The minimum absolute atomic E-state index is 0.000000000000000222. The van der Waals surface area contributed by atoms with Crippen molar-refractivity contribution in [3.05, 3.63) is 12.7 Å². The molecule has 4 N–H and O–H groups in total. The highest BCUT2D eigenvalue weighted by molar-refractivity contribution is 7.80. The van der Waals surface area contributed by atoms with Crippen molar-refractivity contribution in [2.45, 2.75) is 0 Å². The van der Waals surface area contributed by atoms with Gasteiger partial charge in [-0.05, 0) is 12.2 Å². The van der Waals surface area contributed by atoms with Gasteiger partial charge in [0.25, 0.3) is 0 Å². The van der Waals surface area contributed by atoms with Gasteiger partial charge in [0.1, 0.15) is 0 Å². The van der Waals surface area contributed by atoms with Gasteiger partial charge in [0.05, 0.1) is 6.07 Å². The van der Waals surface area contributed by atoms with Gasteiger partial charge in [0.15, 0.2) is 5.11 Å². The van der Waals surface area contributed by atoms with Crippen LogP contribution in [-0.2, 0) is 0 Å². The zero-order valence-electron chi connectivity index (χ0n) is 4.29. The zero-order valence-corrected chi connectivity index (χ0v) is 5.11. The summed E-state index contributed by atoms with van der Waals surface area (Å²) in [5, 5.41) is 7.51. The molecule has 0 unspecified atom stereocenters. The predicted molar refractivity (Wildman–Crippen MR) is 36.8 cm³/mol. The van der Waals surface area contributed by atoms with Crippen LogP contribution in [0.2, 0.25) is 0 Å². The van der Waals surface area contributed by atoms with Crippen molar-refractivity contribution in [1.29, 1.82) is 5.26 Å². The quantitative estimate of drug-likeness (QED) is 0.353. The summed E-state index contributed by atoms with van der Waals surface area (Å²) in [6.45, 7) is 3.12. The summed E-state index contributed by atoms with van der Waals surface area (Å²) in [6.07, 6.45) is 1.18. The Balaban J connectivity index is 0. The highest BCUT2D eigenvalue weighted by atomic mass is 32.1. The van der Waals surface area contributed by atoms with Crippen molar-refractivity contribution >= 4 is 17.3 Å². The molecule has 0 aromatic rings. The minimum Gasteiger partial charge on any atom is -0.377 e. The lowest BCUT2D eigenvalue weighted by Crippen LogP contribution is -2.18. The highest BCUT2D eigenvalue weighted by Crippen LogP contribution is 1.41. The van der Waals surface area contributed by atoms with Crippen molar-refractivity contribution in [3.63, 3.8) is 0 Å². The Morgan fingerprint density at radius 3 is 1.88 bits per heavy atom. The van der Waals surface area contributed by atoms with Crippen molar-refractivity contribution in [2.75, 3.05) is 0 Å². The Kier molecular flexibility index (Phi) is 11.7. The molecule has 0 fully saturated rings. The Morgan fingerprint density at radius 2 is 1.88 bits per heavy atom. The first-order valence-electron chi connectivity index (χ1n) is 1.70. The smallest absolute Gasteiger partial charge is 0.160 e. The summed E-state index contributed by atoms with van der Waals surface area (Å²) in [7, 11) is 0. The summed E-state index contributed by atoms with van der Waals surface area (Å²) < 4.78 is 0. The SMILES string of the molecule is C=CC#N.NC(N)=S. The molecule has 0 rings (SSSR count). The second kappa shape index (κ2) is 9.33. The van der Waals surface area contributed by atoms with Gasteiger partial charge in [-0.15, -0.1) is 0 Å². The summed E-state index contributed by atoms with van der Waals surface area (Å²) in [5.74, 6) is 0. The van der Waals surface area contributed by atoms with Gasteiger partial charge < -0.3 is 11.5 Å². The fourth-order valence-electron chi connectivity index (χ4n) is 0. The molecule has 0 spiro atoms. The van der Waals surface area contributed by atoms with Crippen LogP contribution in [0.5, 0.6) is 0 Å². The van der Waals surface area contributed by atoms with E-state index < -0.39 is 0 Å². The third-order valence-corrected chi connectivity index (χ3v) is 0.0913. The molecule has 0 aromatic carbocycles. The molecule has 3 nitrogen and oxygen atoms in total. The van der Waals surface area contributed by atoms with Crippen molar-refractivity contribution in [1.82, 2.24) is 0 Å². The Hall–Kier alpha value is -1.08. The summed E-state index contributed by atoms with van der Waals surface area (Å²) in [5.41, 5.74) is 9.24. The van der Waals surface area contributed by atoms with Gasteiger partial charge in [-0.3, -0.25) is 0 Å². The molecule has 8 heavy (non-hydrogen) atoms. The molecule has 0 radical (unpaired) electrons. The van der Waals surface area contributed by atoms with Crippen LogP contribution < -0.4 is 11.5 Å². The van der Waals surface area contributed by atoms with Crippen LogP contribution in [-0.4, -0.2) is 5.11 Å². The van der Waals surface area contributed by atoms with E-state index in [1.807, 2.05) is 0 Å². The van der Waals surface area contributed by atoms with E-state index in [0.29, 0.717) is 0 Å². The summed E-state index contributed by atoms with van der Waals surface area (Å²) >= 11 is 4.09. The molecule has 0 heterocycles. The van der Waals surface area contributed by atoms with E-state index in [9.17, 15) is 0 Å². The molecule has 0 saturated heterocycles. The normalized spacial score (nSPS) is 4.88. The number of hydrogen-bond donors (Lipinski definition) is 2.